The van der Waals surface area contributed by atoms with E-state index < -0.39 is 0 Å². The van der Waals surface area contributed by atoms with E-state index >= 15 is 0 Å². The molecular weight excluding hydrogens is 937 g/mol. The molecule has 1 unspecified atom stereocenters. The maximum Gasteiger partial charge on any atom is 0.160 e. The summed E-state index contributed by atoms with van der Waals surface area (Å²) < 4.78 is 2.59. The second-order valence-electron chi connectivity index (χ2n) is 19.3. The van der Waals surface area contributed by atoms with Gasteiger partial charge in [0.25, 0.3) is 0 Å². The van der Waals surface area contributed by atoms with Gasteiger partial charge < -0.3 is 0 Å². The Morgan fingerprint density at radius 1 is 0.257 bits per heavy atom. The SMILES string of the molecule is c1ccc(-c2cc(-c3ccc(-c4csc5ccccc45)cc3)nc(-c3ccc4c(c3)C3c5ccccc5[C@H]4c4cc(-c5nc(-c6ccccc6)cc(-c6ccc(-c7csc8ccccc78)cc6)n5)ccc43)n2)cc1. The largest absolute Gasteiger partial charge is 0.228 e. The van der Waals surface area contributed by atoms with E-state index in [4.69, 9.17) is 19.9 Å². The molecule has 6 heteroatoms. The zero-order chi connectivity index (χ0) is 48.7. The van der Waals surface area contributed by atoms with Crippen LogP contribution in [0, 0.1) is 0 Å². The van der Waals surface area contributed by atoms with E-state index in [0.29, 0.717) is 11.6 Å². The lowest BCUT2D eigenvalue weighted by atomic mass is 9.61. The van der Waals surface area contributed by atoms with Crippen LogP contribution in [0.15, 0.2) is 241 Å². The van der Waals surface area contributed by atoms with Gasteiger partial charge in [0, 0.05) is 76.5 Å². The molecule has 346 valence electrons. The molecule has 4 aromatic heterocycles. The summed E-state index contributed by atoms with van der Waals surface area (Å²) in [6, 6.07) is 83.0. The minimum Gasteiger partial charge on any atom is -0.228 e. The first-order chi connectivity index (χ1) is 36.6. The molecular formula is C68H42N4S2. The predicted octanol–water partition coefficient (Wildman–Crippen LogP) is 18.0. The molecule has 0 saturated heterocycles. The Balaban J connectivity index is 0.812. The number of fused-ring (bicyclic) bond motifs is 2. The van der Waals surface area contributed by atoms with E-state index in [-0.39, 0.29) is 11.8 Å². The minimum absolute atomic E-state index is 0.0405. The van der Waals surface area contributed by atoms with E-state index in [1.807, 2.05) is 0 Å². The molecule has 0 fully saturated rings. The van der Waals surface area contributed by atoms with Gasteiger partial charge in [-0.3, -0.25) is 0 Å². The summed E-state index contributed by atoms with van der Waals surface area (Å²) in [6.45, 7) is 0. The number of hydrogen-bond acceptors (Lipinski definition) is 6. The highest BCUT2D eigenvalue weighted by Gasteiger charge is 2.41. The molecule has 0 aliphatic heterocycles. The minimum atomic E-state index is 0.0405. The van der Waals surface area contributed by atoms with Crippen molar-refractivity contribution in [1.82, 2.24) is 19.9 Å². The number of hydrogen-bond donors (Lipinski definition) is 0. The highest BCUT2D eigenvalue weighted by molar-refractivity contribution is 7.18. The maximum atomic E-state index is 5.35. The standard InChI is InChI=1S/C68H42N4S2/c1-3-13-43(14-4-1)59-37-61(45-27-23-41(24-28-45)57-39-73-63-21-11-9-17-49(57)63)71-67(69-59)47-31-33-53-55(35-47)65-51-19-7-8-20-52(51)66(53)56-36-48(32-34-54(56)65)68-70-60(44-15-5-2-6-16-44)38-62(72-68)46-29-25-42(26-30-46)58-40-74-64-22-12-10-18-50(58)64/h1-40,65-66H/t65-,66?/m1/s1. The van der Waals surface area contributed by atoms with Crippen LogP contribution in [0.5, 0.6) is 0 Å². The van der Waals surface area contributed by atoms with Crippen molar-refractivity contribution in [2.45, 2.75) is 11.8 Å². The Morgan fingerprint density at radius 2 is 0.581 bits per heavy atom. The maximum absolute atomic E-state index is 5.35. The molecule has 16 rings (SSSR count). The fourth-order valence-corrected chi connectivity index (χ4v) is 13.4. The molecule has 4 nitrogen and oxygen atoms in total. The molecule has 9 aromatic carbocycles. The topological polar surface area (TPSA) is 51.6 Å². The van der Waals surface area contributed by atoms with E-state index in [1.54, 1.807) is 22.7 Å². The summed E-state index contributed by atoms with van der Waals surface area (Å²) >= 11 is 3.58. The normalized spacial score (nSPS) is 14.2. The van der Waals surface area contributed by atoms with Crippen molar-refractivity contribution >= 4 is 42.8 Å². The Bertz CT molecular complexity index is 4030. The van der Waals surface area contributed by atoms with Gasteiger partial charge in [0.05, 0.1) is 22.8 Å². The van der Waals surface area contributed by atoms with Gasteiger partial charge in [0.2, 0.25) is 0 Å². The highest BCUT2D eigenvalue weighted by atomic mass is 32.1. The van der Waals surface area contributed by atoms with Crippen molar-refractivity contribution in [1.29, 1.82) is 0 Å². The number of rotatable bonds is 8. The molecule has 0 radical (unpaired) electrons. The molecule has 0 spiro atoms. The number of thiophene rings is 2. The molecule has 2 atom stereocenters. The lowest BCUT2D eigenvalue weighted by Crippen LogP contribution is -2.27. The Morgan fingerprint density at radius 3 is 1.00 bits per heavy atom. The third-order valence-corrected chi connectivity index (χ3v) is 17.0. The molecule has 13 aromatic rings. The van der Waals surface area contributed by atoms with Gasteiger partial charge in [-0.05, 0) is 91.7 Å². The van der Waals surface area contributed by atoms with Crippen molar-refractivity contribution < 1.29 is 0 Å². The lowest BCUT2D eigenvalue weighted by molar-refractivity contribution is 0.754. The lowest BCUT2D eigenvalue weighted by Gasteiger charge is -2.42. The molecule has 0 amide bonds. The second kappa shape index (κ2) is 17.4. The first-order valence-corrected chi connectivity index (χ1v) is 26.8. The van der Waals surface area contributed by atoms with E-state index in [9.17, 15) is 0 Å². The van der Waals surface area contributed by atoms with Gasteiger partial charge in [0.1, 0.15) is 0 Å². The van der Waals surface area contributed by atoms with Crippen molar-refractivity contribution in [2.24, 2.45) is 0 Å². The van der Waals surface area contributed by atoms with Crippen LogP contribution in [0.2, 0.25) is 0 Å². The number of aromatic nitrogens is 4. The number of nitrogens with zero attached hydrogens (tertiary/aromatic N) is 4. The van der Waals surface area contributed by atoms with Gasteiger partial charge in [-0.15, -0.1) is 22.7 Å². The van der Waals surface area contributed by atoms with Crippen molar-refractivity contribution in [3.63, 3.8) is 0 Å². The summed E-state index contributed by atoms with van der Waals surface area (Å²) in [5.74, 6) is 1.50. The van der Waals surface area contributed by atoms with Crippen molar-refractivity contribution in [3.8, 4) is 90.1 Å². The van der Waals surface area contributed by atoms with E-state index in [2.05, 4.69) is 241 Å². The van der Waals surface area contributed by atoms with Crippen LogP contribution in [-0.2, 0) is 0 Å². The van der Waals surface area contributed by atoms with Crippen LogP contribution in [0.25, 0.3) is 110 Å². The molecule has 2 bridgehead atoms. The highest BCUT2D eigenvalue weighted by Crippen LogP contribution is 2.57. The van der Waals surface area contributed by atoms with Gasteiger partial charge in [-0.25, -0.2) is 19.9 Å². The summed E-state index contributed by atoms with van der Waals surface area (Å²) in [6.07, 6.45) is 0. The van der Waals surface area contributed by atoms with E-state index in [1.165, 1.54) is 75.8 Å². The fraction of sp³-hybridized carbons (Fsp3) is 0.0294. The van der Waals surface area contributed by atoms with Crippen LogP contribution < -0.4 is 0 Å². The second-order valence-corrected chi connectivity index (χ2v) is 21.1. The van der Waals surface area contributed by atoms with Gasteiger partial charge >= 0.3 is 0 Å². The third-order valence-electron chi connectivity index (χ3n) is 15.1. The van der Waals surface area contributed by atoms with Crippen molar-refractivity contribution in [3.05, 3.63) is 275 Å². The quantitative estimate of drug-likeness (QED) is 0.152. The summed E-state index contributed by atoms with van der Waals surface area (Å²) in [5, 5.41) is 7.09. The number of benzene rings is 9. The van der Waals surface area contributed by atoms with Gasteiger partial charge in [-0.2, -0.15) is 0 Å². The van der Waals surface area contributed by atoms with Crippen LogP contribution in [0.4, 0.5) is 0 Å². The van der Waals surface area contributed by atoms with Gasteiger partial charge in [-0.1, -0.05) is 194 Å². The molecule has 74 heavy (non-hydrogen) atoms. The average Bonchev–Trinajstić information content (AvgIpc) is 4.17. The van der Waals surface area contributed by atoms with Crippen LogP contribution in [0.3, 0.4) is 0 Å². The average molecular weight is 979 g/mol. The smallest absolute Gasteiger partial charge is 0.160 e. The van der Waals surface area contributed by atoms with Crippen LogP contribution in [0.1, 0.15) is 45.2 Å². The van der Waals surface area contributed by atoms with Crippen LogP contribution >= 0.6 is 22.7 Å². The Hall–Kier alpha value is -8.94. The molecule has 0 saturated carbocycles. The molecule has 0 N–H and O–H groups in total. The van der Waals surface area contributed by atoms with Crippen LogP contribution in [-0.4, -0.2) is 19.9 Å². The first-order valence-electron chi connectivity index (χ1n) is 25.1. The zero-order valence-corrected chi connectivity index (χ0v) is 41.5. The first kappa shape index (κ1) is 42.7. The zero-order valence-electron chi connectivity index (χ0n) is 39.9. The summed E-state index contributed by atoms with van der Waals surface area (Å²) in [4.78, 5) is 21.3. The van der Waals surface area contributed by atoms with Gasteiger partial charge in [0.15, 0.2) is 11.6 Å². The monoisotopic (exact) mass is 978 g/mol. The summed E-state index contributed by atoms with van der Waals surface area (Å²) in [5.41, 5.74) is 22.6. The Kier molecular flexibility index (Phi) is 10.0. The molecule has 3 aliphatic rings. The third kappa shape index (κ3) is 7.17. The molecule has 3 aliphatic carbocycles. The Labute approximate surface area is 436 Å². The molecule has 4 heterocycles. The van der Waals surface area contributed by atoms with E-state index in [0.717, 1.165) is 56.2 Å². The predicted molar refractivity (Wildman–Crippen MR) is 307 cm³/mol. The van der Waals surface area contributed by atoms with Crippen molar-refractivity contribution in [2.75, 3.05) is 0 Å². The fourth-order valence-electron chi connectivity index (χ4n) is 11.5. The summed E-state index contributed by atoms with van der Waals surface area (Å²) in [7, 11) is 0.